The number of thiocarbonyl (C=S) groups is 1. The molecule has 0 radical (unpaired) electrons. The number of H-pyrrole nitrogens is 1. The number of hydrogen-bond donors (Lipinski definition) is 3. The van der Waals surface area contributed by atoms with E-state index in [4.69, 9.17) is 16.6 Å². The second kappa shape index (κ2) is 7.16. The number of fused-ring (bicyclic) bond motifs is 1. The highest BCUT2D eigenvalue weighted by atomic mass is 79.9. The Labute approximate surface area is 156 Å². The summed E-state index contributed by atoms with van der Waals surface area (Å²) < 4.78 is 6.50. The number of rotatable bonds is 3. The zero-order valence-corrected chi connectivity index (χ0v) is 15.8. The molecule has 9 heteroatoms. The van der Waals surface area contributed by atoms with Gasteiger partial charge in [-0.3, -0.25) is 10.2 Å². The molecule has 0 atom stereocenters. The maximum Gasteiger partial charge on any atom is 0.262 e. The lowest BCUT2D eigenvalue weighted by atomic mass is 10.1. The van der Waals surface area contributed by atoms with Crippen LogP contribution in [-0.2, 0) is 0 Å². The molecule has 128 valence electrons. The van der Waals surface area contributed by atoms with E-state index in [1.807, 2.05) is 24.3 Å². The highest BCUT2D eigenvalue weighted by molar-refractivity contribution is 9.10. The summed E-state index contributed by atoms with van der Waals surface area (Å²) >= 11 is 8.60. The van der Waals surface area contributed by atoms with E-state index in [0.717, 1.165) is 10.2 Å². The molecule has 0 amide bonds. The maximum absolute atomic E-state index is 12.1. The van der Waals surface area contributed by atoms with Crippen molar-refractivity contribution in [2.75, 3.05) is 5.32 Å². The summed E-state index contributed by atoms with van der Waals surface area (Å²) in [4.78, 5) is 18.6. The Morgan fingerprint density at radius 1 is 1.36 bits per heavy atom. The zero-order valence-electron chi connectivity index (χ0n) is 13.4. The normalized spacial score (nSPS) is 11.6. The average molecular weight is 420 g/mol. The molecule has 25 heavy (non-hydrogen) atoms. The van der Waals surface area contributed by atoms with Crippen molar-refractivity contribution in [2.45, 2.75) is 13.8 Å². The lowest BCUT2D eigenvalue weighted by Gasteiger charge is -2.08. The number of nitrogens with zero attached hydrogens (tertiary/aromatic N) is 2. The monoisotopic (exact) mass is 419 g/mol. The predicted molar refractivity (Wildman–Crippen MR) is 105 cm³/mol. The topological polar surface area (TPSA) is 95.3 Å². The van der Waals surface area contributed by atoms with Gasteiger partial charge in [0.15, 0.2) is 5.11 Å². The van der Waals surface area contributed by atoms with Crippen LogP contribution in [0.2, 0.25) is 0 Å². The molecule has 2 heterocycles. The summed E-state index contributed by atoms with van der Waals surface area (Å²) in [5, 5.41) is 7.97. The number of furan rings is 1. The fraction of sp³-hybridized carbons (Fsp3) is 0.125. The first-order valence-corrected chi connectivity index (χ1v) is 8.50. The second-order valence-corrected chi connectivity index (χ2v) is 6.54. The first kappa shape index (κ1) is 17.3. The summed E-state index contributed by atoms with van der Waals surface area (Å²) in [6.45, 7) is 3.52. The lowest BCUT2D eigenvalue weighted by Crippen LogP contribution is -2.25. The Kier molecular flexibility index (Phi) is 4.95. The van der Waals surface area contributed by atoms with Crippen LogP contribution in [0.3, 0.4) is 0 Å². The second-order valence-electron chi connectivity index (χ2n) is 5.22. The minimum absolute atomic E-state index is 0.276. The van der Waals surface area contributed by atoms with Crippen molar-refractivity contribution in [3.05, 3.63) is 56.7 Å². The number of anilines is 1. The summed E-state index contributed by atoms with van der Waals surface area (Å²) in [5.74, 6) is 0.564. The van der Waals surface area contributed by atoms with Gasteiger partial charge in [0.25, 0.3) is 5.56 Å². The quantitative estimate of drug-likeness (QED) is 0.342. The predicted octanol–water partition coefficient (Wildman–Crippen LogP) is 3.30. The van der Waals surface area contributed by atoms with E-state index >= 15 is 0 Å². The van der Waals surface area contributed by atoms with Gasteiger partial charge in [0.05, 0.1) is 17.6 Å². The standard InChI is InChI=1S/C16H14BrN5O2S/c1-8(12-9(2)24-15-13(12)14(23)18-7-19-15)21-22-16(25)20-11-5-3-10(17)4-6-11/h3-7H,1-2H3,(H,18,19,23)(H2,20,22,25)/b21-8-. The molecule has 3 rings (SSSR count). The molecule has 3 aromatic rings. The summed E-state index contributed by atoms with van der Waals surface area (Å²) in [6, 6.07) is 7.57. The molecular weight excluding hydrogens is 406 g/mol. The van der Waals surface area contributed by atoms with E-state index in [1.165, 1.54) is 6.33 Å². The van der Waals surface area contributed by atoms with Crippen LogP contribution in [0.1, 0.15) is 18.2 Å². The fourth-order valence-corrected chi connectivity index (χ4v) is 2.80. The molecule has 0 bridgehead atoms. The first-order chi connectivity index (χ1) is 12.0. The van der Waals surface area contributed by atoms with Crippen LogP contribution < -0.4 is 16.3 Å². The summed E-state index contributed by atoms with van der Waals surface area (Å²) in [5.41, 5.74) is 4.77. The fourth-order valence-electron chi connectivity index (χ4n) is 2.37. The smallest absolute Gasteiger partial charge is 0.262 e. The Balaban J connectivity index is 1.80. The molecule has 0 saturated heterocycles. The van der Waals surface area contributed by atoms with Gasteiger partial charge in [0.1, 0.15) is 11.1 Å². The van der Waals surface area contributed by atoms with Crippen molar-refractivity contribution in [3.8, 4) is 0 Å². The van der Waals surface area contributed by atoms with Crippen LogP contribution >= 0.6 is 28.1 Å². The van der Waals surface area contributed by atoms with Gasteiger partial charge in [-0.2, -0.15) is 5.10 Å². The summed E-state index contributed by atoms with van der Waals surface area (Å²) in [7, 11) is 0. The number of nitrogens with one attached hydrogen (secondary N) is 3. The third-order valence-corrected chi connectivity index (χ3v) is 4.18. The third kappa shape index (κ3) is 3.77. The molecule has 0 aliphatic rings. The van der Waals surface area contributed by atoms with Crippen LogP contribution in [0.4, 0.5) is 5.69 Å². The maximum atomic E-state index is 12.1. The van der Waals surface area contributed by atoms with Gasteiger partial charge in [-0.25, -0.2) is 4.98 Å². The first-order valence-electron chi connectivity index (χ1n) is 7.29. The summed E-state index contributed by atoms with van der Waals surface area (Å²) in [6.07, 6.45) is 1.30. The van der Waals surface area contributed by atoms with Crippen LogP contribution in [0.5, 0.6) is 0 Å². The Morgan fingerprint density at radius 3 is 2.80 bits per heavy atom. The SMILES string of the molecule is C/C(=N/NC(=S)Nc1ccc(Br)cc1)c1c(C)oc2nc[nH]c(=O)c12. The highest BCUT2D eigenvalue weighted by Crippen LogP contribution is 2.21. The van der Waals surface area contributed by atoms with Crippen molar-refractivity contribution < 1.29 is 4.42 Å². The Morgan fingerprint density at radius 2 is 2.08 bits per heavy atom. The molecule has 0 aliphatic heterocycles. The molecule has 0 aliphatic carbocycles. The lowest BCUT2D eigenvalue weighted by molar-refractivity contribution is 0.566. The van der Waals surface area contributed by atoms with E-state index in [1.54, 1.807) is 13.8 Å². The van der Waals surface area contributed by atoms with Crippen molar-refractivity contribution in [3.63, 3.8) is 0 Å². The van der Waals surface area contributed by atoms with Gasteiger partial charge in [0.2, 0.25) is 5.71 Å². The minimum Gasteiger partial charge on any atom is -0.442 e. The number of benzene rings is 1. The molecule has 0 saturated carbocycles. The highest BCUT2D eigenvalue weighted by Gasteiger charge is 2.17. The molecule has 3 N–H and O–H groups in total. The Hall–Kier alpha value is -2.52. The van der Waals surface area contributed by atoms with Gasteiger partial charge in [0, 0.05) is 10.2 Å². The van der Waals surface area contributed by atoms with Crippen molar-refractivity contribution in [1.29, 1.82) is 0 Å². The molecule has 7 nitrogen and oxygen atoms in total. The average Bonchev–Trinajstić information content (AvgIpc) is 2.92. The van der Waals surface area contributed by atoms with Crippen LogP contribution in [0.25, 0.3) is 11.1 Å². The van der Waals surface area contributed by atoms with Crippen LogP contribution in [0, 0.1) is 6.92 Å². The molecular formula is C16H14BrN5O2S. The number of hydrogen-bond acceptors (Lipinski definition) is 5. The van der Waals surface area contributed by atoms with Crippen molar-refractivity contribution >= 4 is 55.8 Å². The third-order valence-electron chi connectivity index (χ3n) is 3.46. The van der Waals surface area contributed by atoms with E-state index in [-0.39, 0.29) is 11.3 Å². The molecule has 0 spiro atoms. The zero-order chi connectivity index (χ0) is 18.0. The van der Waals surface area contributed by atoms with Crippen molar-refractivity contribution in [1.82, 2.24) is 15.4 Å². The number of hydrazone groups is 1. The van der Waals surface area contributed by atoms with Gasteiger partial charge >= 0.3 is 0 Å². The van der Waals surface area contributed by atoms with Gasteiger partial charge in [-0.05, 0) is 50.3 Å². The molecule has 0 unspecified atom stereocenters. The van der Waals surface area contributed by atoms with E-state index in [0.29, 0.717) is 27.5 Å². The van der Waals surface area contributed by atoms with Crippen LogP contribution in [0.15, 0.2) is 49.4 Å². The van der Waals surface area contributed by atoms with Crippen molar-refractivity contribution in [2.24, 2.45) is 5.10 Å². The van der Waals surface area contributed by atoms with E-state index in [9.17, 15) is 4.79 Å². The van der Waals surface area contributed by atoms with Gasteiger partial charge in [-0.1, -0.05) is 15.9 Å². The van der Waals surface area contributed by atoms with Gasteiger partial charge < -0.3 is 14.7 Å². The minimum atomic E-state index is -0.276. The van der Waals surface area contributed by atoms with Crippen LogP contribution in [-0.4, -0.2) is 20.8 Å². The number of halogens is 1. The largest absolute Gasteiger partial charge is 0.442 e. The number of aromatic nitrogens is 2. The number of aryl methyl sites for hydroxylation is 1. The molecule has 0 fully saturated rings. The van der Waals surface area contributed by atoms with Gasteiger partial charge in [-0.15, -0.1) is 0 Å². The van der Waals surface area contributed by atoms with E-state index < -0.39 is 0 Å². The Bertz CT molecular complexity index is 1020. The molecule has 2 aromatic heterocycles. The molecule has 1 aromatic carbocycles. The van der Waals surface area contributed by atoms with E-state index in [2.05, 4.69) is 41.7 Å². The number of aromatic amines is 1.